The highest BCUT2D eigenvalue weighted by atomic mass is 16.2. The Balaban J connectivity index is 2.33. The second-order valence-corrected chi connectivity index (χ2v) is 6.84. The molecule has 0 bridgehead atoms. The monoisotopic (exact) mass is 310 g/mol. The van der Waals surface area contributed by atoms with Crippen molar-refractivity contribution >= 4 is 6.03 Å². The van der Waals surface area contributed by atoms with Gasteiger partial charge in [-0.2, -0.15) is 0 Å². The molecule has 0 unspecified atom stereocenters. The topological polar surface area (TPSA) is 32.3 Å². The van der Waals surface area contributed by atoms with E-state index in [9.17, 15) is 4.79 Å². The van der Waals surface area contributed by atoms with E-state index in [2.05, 4.69) is 24.1 Å². The molecule has 0 atom stereocenters. The number of nitrogens with zero attached hydrogens (tertiary/aromatic N) is 1. The van der Waals surface area contributed by atoms with Crippen molar-refractivity contribution in [3.05, 3.63) is 0 Å². The lowest BCUT2D eigenvalue weighted by Crippen LogP contribution is -2.51. The minimum atomic E-state index is 0.179. The van der Waals surface area contributed by atoms with Crippen molar-refractivity contribution in [2.75, 3.05) is 13.1 Å². The first-order valence-corrected chi connectivity index (χ1v) is 9.84. The fraction of sp³-hybridized carbons (Fsp3) is 0.947. The summed E-state index contributed by atoms with van der Waals surface area (Å²) in [5.41, 5.74) is 0. The average Bonchev–Trinajstić information content (AvgIpc) is 2.53. The van der Waals surface area contributed by atoms with Gasteiger partial charge >= 0.3 is 6.03 Å². The molecular weight excluding hydrogens is 272 g/mol. The van der Waals surface area contributed by atoms with E-state index in [1.54, 1.807) is 0 Å². The van der Waals surface area contributed by atoms with Gasteiger partial charge in [0, 0.05) is 19.1 Å². The van der Waals surface area contributed by atoms with E-state index in [-0.39, 0.29) is 6.03 Å². The first-order valence-electron chi connectivity index (χ1n) is 9.84. The molecule has 1 aliphatic heterocycles. The van der Waals surface area contributed by atoms with Crippen LogP contribution in [0, 0.1) is 0 Å². The van der Waals surface area contributed by atoms with E-state index in [1.165, 1.54) is 77.0 Å². The zero-order chi connectivity index (χ0) is 16.0. The summed E-state index contributed by atoms with van der Waals surface area (Å²) < 4.78 is 0. The fourth-order valence-corrected chi connectivity index (χ4v) is 3.42. The average molecular weight is 311 g/mol. The quantitative estimate of drug-likeness (QED) is 0.448. The number of rotatable bonds is 13. The zero-order valence-corrected chi connectivity index (χ0v) is 15.0. The highest BCUT2D eigenvalue weighted by Crippen LogP contribution is 2.20. The molecule has 0 aliphatic carbocycles. The molecule has 3 heteroatoms. The van der Waals surface area contributed by atoms with Gasteiger partial charge in [0.2, 0.25) is 0 Å². The van der Waals surface area contributed by atoms with Crippen molar-refractivity contribution in [3.8, 4) is 0 Å². The lowest BCUT2D eigenvalue weighted by atomic mass is 9.98. The van der Waals surface area contributed by atoms with Crippen LogP contribution in [0.5, 0.6) is 0 Å². The highest BCUT2D eigenvalue weighted by molar-refractivity contribution is 5.75. The molecule has 22 heavy (non-hydrogen) atoms. The first kappa shape index (κ1) is 19.3. The van der Waals surface area contributed by atoms with Crippen molar-refractivity contribution in [2.45, 2.75) is 103 Å². The van der Waals surface area contributed by atoms with Crippen LogP contribution in [0.15, 0.2) is 0 Å². The van der Waals surface area contributed by atoms with Crippen LogP contribution in [0.4, 0.5) is 4.79 Å². The molecule has 0 saturated carbocycles. The molecule has 0 aromatic rings. The minimum absolute atomic E-state index is 0.179. The van der Waals surface area contributed by atoms with Crippen molar-refractivity contribution < 1.29 is 4.79 Å². The van der Waals surface area contributed by atoms with Crippen molar-refractivity contribution in [1.29, 1.82) is 0 Å². The van der Waals surface area contributed by atoms with Gasteiger partial charge in [-0.3, -0.25) is 0 Å². The van der Waals surface area contributed by atoms with Crippen LogP contribution in [-0.4, -0.2) is 30.1 Å². The largest absolute Gasteiger partial charge is 0.338 e. The number of carbonyl (C=O) groups excluding carboxylic acids is 1. The molecule has 1 fully saturated rings. The summed E-state index contributed by atoms with van der Waals surface area (Å²) in [7, 11) is 0. The van der Waals surface area contributed by atoms with Gasteiger partial charge in [0.1, 0.15) is 0 Å². The number of urea groups is 1. The van der Waals surface area contributed by atoms with Gasteiger partial charge in [0.15, 0.2) is 0 Å². The number of hydrogen-bond acceptors (Lipinski definition) is 1. The smallest absolute Gasteiger partial charge is 0.317 e. The van der Waals surface area contributed by atoms with Gasteiger partial charge in [-0.05, 0) is 19.3 Å². The van der Waals surface area contributed by atoms with Gasteiger partial charge in [-0.1, -0.05) is 78.1 Å². The second-order valence-electron chi connectivity index (χ2n) is 6.84. The van der Waals surface area contributed by atoms with Gasteiger partial charge < -0.3 is 10.2 Å². The van der Waals surface area contributed by atoms with Crippen LogP contribution in [0.1, 0.15) is 97.3 Å². The highest BCUT2D eigenvalue weighted by Gasteiger charge is 2.25. The van der Waals surface area contributed by atoms with Crippen molar-refractivity contribution in [1.82, 2.24) is 10.2 Å². The molecule has 1 aliphatic rings. The Morgan fingerprint density at radius 3 is 1.95 bits per heavy atom. The summed E-state index contributed by atoms with van der Waals surface area (Å²) in [6.45, 7) is 6.34. The normalized spacial score (nSPS) is 15.4. The third-order valence-corrected chi connectivity index (χ3v) is 4.84. The Morgan fingerprint density at radius 1 is 0.909 bits per heavy atom. The number of hydrogen-bond donors (Lipinski definition) is 1. The molecule has 0 aromatic heterocycles. The van der Waals surface area contributed by atoms with E-state index >= 15 is 0 Å². The van der Waals surface area contributed by atoms with Crippen LogP contribution < -0.4 is 5.32 Å². The molecule has 130 valence electrons. The number of carbonyl (C=O) groups is 1. The molecule has 1 saturated heterocycles. The maximum Gasteiger partial charge on any atom is 0.317 e. The summed E-state index contributed by atoms with van der Waals surface area (Å²) >= 11 is 0. The van der Waals surface area contributed by atoms with Crippen LogP contribution >= 0.6 is 0 Å². The van der Waals surface area contributed by atoms with E-state index in [0.717, 1.165) is 19.5 Å². The Morgan fingerprint density at radius 2 is 1.45 bits per heavy atom. The lowest BCUT2D eigenvalue weighted by molar-refractivity contribution is 0.150. The molecule has 1 rings (SSSR count). The minimum Gasteiger partial charge on any atom is -0.338 e. The predicted octanol–water partition coefficient (Wildman–Crippen LogP) is 5.49. The summed E-state index contributed by atoms with van der Waals surface area (Å²) in [5, 5.41) is 3.02. The molecule has 0 radical (unpaired) electrons. The summed E-state index contributed by atoms with van der Waals surface area (Å²) in [5.74, 6) is 0. The van der Waals surface area contributed by atoms with Crippen LogP contribution in [0.2, 0.25) is 0 Å². The van der Waals surface area contributed by atoms with Crippen LogP contribution in [0.3, 0.4) is 0 Å². The Hall–Kier alpha value is -0.730. The third kappa shape index (κ3) is 8.05. The van der Waals surface area contributed by atoms with Gasteiger partial charge in [0.05, 0.1) is 0 Å². The molecule has 0 spiro atoms. The van der Waals surface area contributed by atoms with Gasteiger partial charge in [-0.25, -0.2) is 4.79 Å². The molecular formula is C19H38N2O. The zero-order valence-electron chi connectivity index (χ0n) is 15.0. The summed E-state index contributed by atoms with van der Waals surface area (Å²) in [6, 6.07) is 0.655. The maximum atomic E-state index is 12.1. The Kier molecular flexibility index (Phi) is 11.2. The maximum absolute atomic E-state index is 12.1. The SMILES string of the molecule is CCCCCCCC(CCCCCCC)N1CCCNC1=O. The van der Waals surface area contributed by atoms with Crippen molar-refractivity contribution in [3.63, 3.8) is 0 Å². The van der Waals surface area contributed by atoms with E-state index in [4.69, 9.17) is 0 Å². The molecule has 3 nitrogen and oxygen atoms in total. The van der Waals surface area contributed by atoms with Gasteiger partial charge in [-0.15, -0.1) is 0 Å². The van der Waals surface area contributed by atoms with E-state index in [1.807, 2.05) is 0 Å². The number of amides is 2. The number of nitrogens with one attached hydrogen (secondary N) is 1. The summed E-state index contributed by atoms with van der Waals surface area (Å²) in [6.07, 6.45) is 16.7. The predicted molar refractivity (Wildman–Crippen MR) is 95.3 cm³/mol. The second kappa shape index (κ2) is 12.8. The Bertz CT molecular complexity index is 267. The van der Waals surface area contributed by atoms with E-state index in [0.29, 0.717) is 6.04 Å². The van der Waals surface area contributed by atoms with Crippen molar-refractivity contribution in [2.24, 2.45) is 0 Å². The first-order chi connectivity index (χ1) is 10.8. The lowest BCUT2D eigenvalue weighted by Gasteiger charge is -2.35. The third-order valence-electron chi connectivity index (χ3n) is 4.84. The van der Waals surface area contributed by atoms with Crippen LogP contribution in [-0.2, 0) is 0 Å². The van der Waals surface area contributed by atoms with Gasteiger partial charge in [0.25, 0.3) is 0 Å². The Labute approximate surface area is 138 Å². The molecule has 0 aromatic carbocycles. The van der Waals surface area contributed by atoms with Crippen LogP contribution in [0.25, 0.3) is 0 Å². The van der Waals surface area contributed by atoms with E-state index < -0.39 is 0 Å². The summed E-state index contributed by atoms with van der Waals surface area (Å²) in [4.78, 5) is 14.2. The fourth-order valence-electron chi connectivity index (χ4n) is 3.42. The number of unbranched alkanes of at least 4 members (excludes halogenated alkanes) is 8. The standard InChI is InChI=1S/C19H38N2O/c1-3-5-7-9-11-14-18(15-12-10-8-6-4-2)21-17-13-16-20-19(21)22/h18H,3-17H2,1-2H3,(H,20,22). The molecule has 2 amide bonds. The molecule has 1 N–H and O–H groups in total. The molecule has 1 heterocycles.